The summed E-state index contributed by atoms with van der Waals surface area (Å²) in [7, 11) is 0. The van der Waals surface area contributed by atoms with Crippen LogP contribution >= 0.6 is 0 Å². The van der Waals surface area contributed by atoms with E-state index in [1.54, 1.807) is 12.8 Å². The maximum absolute atomic E-state index is 2.46. The molecular formula is C13H24. The molecule has 0 spiro atoms. The van der Waals surface area contributed by atoms with Gasteiger partial charge in [-0.05, 0) is 36.5 Å². The molecule has 2 aliphatic rings. The monoisotopic (exact) mass is 180 g/mol. The van der Waals surface area contributed by atoms with Gasteiger partial charge in [-0.2, -0.15) is 0 Å². The van der Waals surface area contributed by atoms with Crippen LogP contribution < -0.4 is 0 Å². The average molecular weight is 180 g/mol. The zero-order valence-corrected chi connectivity index (χ0v) is 9.26. The highest BCUT2D eigenvalue weighted by Crippen LogP contribution is 2.51. The molecule has 0 radical (unpaired) electrons. The van der Waals surface area contributed by atoms with E-state index in [-0.39, 0.29) is 0 Å². The molecule has 2 aliphatic carbocycles. The van der Waals surface area contributed by atoms with E-state index >= 15 is 0 Å². The van der Waals surface area contributed by atoms with E-state index in [1.165, 1.54) is 32.1 Å². The first-order valence-corrected chi connectivity index (χ1v) is 6.31. The first kappa shape index (κ1) is 9.55. The second-order valence-corrected chi connectivity index (χ2v) is 5.45. The van der Waals surface area contributed by atoms with Crippen LogP contribution in [0.5, 0.6) is 0 Å². The van der Waals surface area contributed by atoms with Crippen LogP contribution in [0.4, 0.5) is 0 Å². The van der Waals surface area contributed by atoms with Crippen LogP contribution in [0.1, 0.15) is 58.8 Å². The SMILES string of the molecule is CCC1CCCCC(C)CC2CC12. The van der Waals surface area contributed by atoms with Crippen LogP contribution in [-0.4, -0.2) is 0 Å². The van der Waals surface area contributed by atoms with Crippen LogP contribution in [0.2, 0.25) is 0 Å². The third-order valence-corrected chi connectivity index (χ3v) is 4.33. The molecule has 2 fully saturated rings. The van der Waals surface area contributed by atoms with Gasteiger partial charge in [-0.15, -0.1) is 0 Å². The molecule has 0 heteroatoms. The van der Waals surface area contributed by atoms with Gasteiger partial charge in [-0.3, -0.25) is 0 Å². The van der Waals surface area contributed by atoms with E-state index in [0.717, 1.165) is 23.7 Å². The molecule has 0 aromatic rings. The maximum atomic E-state index is 2.46. The summed E-state index contributed by atoms with van der Waals surface area (Å²) < 4.78 is 0. The van der Waals surface area contributed by atoms with Crippen LogP contribution in [0.25, 0.3) is 0 Å². The van der Waals surface area contributed by atoms with Crippen LogP contribution in [0.15, 0.2) is 0 Å². The van der Waals surface area contributed by atoms with Gasteiger partial charge in [-0.25, -0.2) is 0 Å². The lowest BCUT2D eigenvalue weighted by atomic mass is 9.93. The minimum atomic E-state index is 1.02. The van der Waals surface area contributed by atoms with E-state index in [0.29, 0.717) is 0 Å². The van der Waals surface area contributed by atoms with Crippen molar-refractivity contribution in [2.24, 2.45) is 23.7 Å². The normalized spacial score (nSPS) is 45.7. The van der Waals surface area contributed by atoms with Crippen molar-refractivity contribution in [3.63, 3.8) is 0 Å². The number of hydrogen-bond acceptors (Lipinski definition) is 0. The molecule has 4 atom stereocenters. The van der Waals surface area contributed by atoms with Gasteiger partial charge >= 0.3 is 0 Å². The minimum absolute atomic E-state index is 1.02. The van der Waals surface area contributed by atoms with Gasteiger partial charge in [0.1, 0.15) is 0 Å². The summed E-state index contributed by atoms with van der Waals surface area (Å²) in [4.78, 5) is 0. The largest absolute Gasteiger partial charge is 0.0651 e. The number of hydrogen-bond donors (Lipinski definition) is 0. The van der Waals surface area contributed by atoms with Gasteiger partial charge < -0.3 is 0 Å². The van der Waals surface area contributed by atoms with E-state index in [9.17, 15) is 0 Å². The van der Waals surface area contributed by atoms with Crippen molar-refractivity contribution >= 4 is 0 Å². The summed E-state index contributed by atoms with van der Waals surface area (Å²) in [5.74, 6) is 4.39. The quantitative estimate of drug-likeness (QED) is 0.566. The molecule has 76 valence electrons. The van der Waals surface area contributed by atoms with Gasteiger partial charge in [0.25, 0.3) is 0 Å². The van der Waals surface area contributed by atoms with E-state index < -0.39 is 0 Å². The highest BCUT2D eigenvalue weighted by atomic mass is 14.5. The van der Waals surface area contributed by atoms with E-state index in [4.69, 9.17) is 0 Å². The predicted octanol–water partition coefficient (Wildman–Crippen LogP) is 4.25. The molecule has 0 nitrogen and oxygen atoms in total. The van der Waals surface area contributed by atoms with Crippen molar-refractivity contribution in [1.82, 2.24) is 0 Å². The Kier molecular flexibility index (Phi) is 2.96. The topological polar surface area (TPSA) is 0 Å². The number of fused-ring (bicyclic) bond motifs is 1. The first-order chi connectivity index (χ1) is 6.31. The predicted molar refractivity (Wildman–Crippen MR) is 57.6 cm³/mol. The molecule has 0 bridgehead atoms. The molecule has 4 unspecified atom stereocenters. The highest BCUT2D eigenvalue weighted by molar-refractivity contribution is 4.92. The second kappa shape index (κ2) is 4.02. The summed E-state index contributed by atoms with van der Waals surface area (Å²) >= 11 is 0. The Labute approximate surface area is 83.1 Å². The highest BCUT2D eigenvalue weighted by Gasteiger charge is 2.42. The molecule has 13 heavy (non-hydrogen) atoms. The van der Waals surface area contributed by atoms with Gasteiger partial charge in [-0.1, -0.05) is 46.0 Å². The molecule has 0 aromatic carbocycles. The third kappa shape index (κ3) is 2.27. The third-order valence-electron chi connectivity index (χ3n) is 4.33. The summed E-state index contributed by atoms with van der Waals surface area (Å²) in [6, 6.07) is 0. The van der Waals surface area contributed by atoms with Crippen molar-refractivity contribution < 1.29 is 0 Å². The summed E-state index contributed by atoms with van der Waals surface area (Å²) in [6.07, 6.45) is 10.6. The molecule has 0 heterocycles. The maximum Gasteiger partial charge on any atom is -0.0355 e. The van der Waals surface area contributed by atoms with Crippen LogP contribution in [0, 0.1) is 23.7 Å². The zero-order chi connectivity index (χ0) is 9.26. The standard InChI is InChI=1S/C13H24/c1-3-11-7-5-4-6-10(2)8-12-9-13(11)12/h10-13H,3-9H2,1-2H3. The Morgan fingerprint density at radius 3 is 2.62 bits per heavy atom. The van der Waals surface area contributed by atoms with Gasteiger partial charge in [0.15, 0.2) is 0 Å². The fraction of sp³-hybridized carbons (Fsp3) is 1.00. The van der Waals surface area contributed by atoms with Crippen LogP contribution in [-0.2, 0) is 0 Å². The van der Waals surface area contributed by atoms with Crippen molar-refractivity contribution in [2.75, 3.05) is 0 Å². The van der Waals surface area contributed by atoms with Crippen LogP contribution in [0.3, 0.4) is 0 Å². The molecule has 0 aromatic heterocycles. The minimum Gasteiger partial charge on any atom is -0.0651 e. The first-order valence-electron chi connectivity index (χ1n) is 6.31. The summed E-state index contributed by atoms with van der Waals surface area (Å²) in [6.45, 7) is 4.85. The number of rotatable bonds is 1. The average Bonchev–Trinajstić information content (AvgIpc) is 2.83. The molecule has 0 saturated heterocycles. The van der Waals surface area contributed by atoms with Gasteiger partial charge in [0.2, 0.25) is 0 Å². The Bertz CT molecular complexity index is 161. The van der Waals surface area contributed by atoms with Gasteiger partial charge in [0, 0.05) is 0 Å². The zero-order valence-electron chi connectivity index (χ0n) is 9.26. The smallest absolute Gasteiger partial charge is 0.0355 e. The van der Waals surface area contributed by atoms with Crippen molar-refractivity contribution in [3.8, 4) is 0 Å². The van der Waals surface area contributed by atoms with E-state index in [2.05, 4.69) is 13.8 Å². The Morgan fingerprint density at radius 2 is 1.85 bits per heavy atom. The molecule has 0 aliphatic heterocycles. The molecule has 2 rings (SSSR count). The van der Waals surface area contributed by atoms with E-state index in [1.807, 2.05) is 0 Å². The summed E-state index contributed by atoms with van der Waals surface area (Å²) in [5.41, 5.74) is 0. The molecule has 0 amide bonds. The Morgan fingerprint density at radius 1 is 1.08 bits per heavy atom. The van der Waals surface area contributed by atoms with Crippen molar-refractivity contribution in [1.29, 1.82) is 0 Å². The lowest BCUT2D eigenvalue weighted by molar-refractivity contribution is 0.382. The Balaban J connectivity index is 1.90. The molecular weight excluding hydrogens is 156 g/mol. The molecule has 2 saturated carbocycles. The van der Waals surface area contributed by atoms with Crippen molar-refractivity contribution in [2.45, 2.75) is 58.8 Å². The fourth-order valence-electron chi connectivity index (χ4n) is 3.37. The fourth-order valence-corrected chi connectivity index (χ4v) is 3.37. The lowest BCUT2D eigenvalue weighted by Gasteiger charge is -2.12. The molecule has 0 N–H and O–H groups in total. The Hall–Kier alpha value is 0. The summed E-state index contributed by atoms with van der Waals surface area (Å²) in [5, 5.41) is 0. The van der Waals surface area contributed by atoms with Crippen molar-refractivity contribution in [3.05, 3.63) is 0 Å². The lowest BCUT2D eigenvalue weighted by Crippen LogP contribution is -2.02. The van der Waals surface area contributed by atoms with Gasteiger partial charge in [0.05, 0.1) is 0 Å². The second-order valence-electron chi connectivity index (χ2n) is 5.45.